The van der Waals surface area contributed by atoms with Gasteiger partial charge in [-0.15, -0.1) is 22.7 Å². The molecule has 2 aromatic heterocycles. The van der Waals surface area contributed by atoms with E-state index in [0.29, 0.717) is 17.7 Å². The van der Waals surface area contributed by atoms with Crippen LogP contribution in [-0.4, -0.2) is 55.5 Å². The van der Waals surface area contributed by atoms with Crippen LogP contribution in [0.2, 0.25) is 0 Å². The van der Waals surface area contributed by atoms with Crippen molar-refractivity contribution in [2.45, 2.75) is 50.1 Å². The molecule has 1 aliphatic rings. The summed E-state index contributed by atoms with van der Waals surface area (Å²) >= 11 is 2.89. The second-order valence-corrected chi connectivity index (χ2v) is 13.4. The Balaban J connectivity index is 1.43. The molecule has 2 amide bonds. The first-order valence-electron chi connectivity index (χ1n) is 11.9. The predicted molar refractivity (Wildman–Crippen MR) is 142 cm³/mol. The maximum atomic E-state index is 13.6. The monoisotopic (exact) mass is 565 g/mol. The summed E-state index contributed by atoms with van der Waals surface area (Å²) in [6.07, 6.45) is 0.958. The van der Waals surface area contributed by atoms with Crippen molar-refractivity contribution in [3.05, 3.63) is 52.5 Å². The third-order valence-corrected chi connectivity index (χ3v) is 10.00. The van der Waals surface area contributed by atoms with Crippen LogP contribution in [0, 0.1) is 11.7 Å². The third-order valence-electron chi connectivity index (χ3n) is 6.06. The summed E-state index contributed by atoms with van der Waals surface area (Å²) in [4.78, 5) is 39.3. The molecule has 1 fully saturated rings. The van der Waals surface area contributed by atoms with Crippen molar-refractivity contribution in [3.8, 4) is 0 Å². The van der Waals surface area contributed by atoms with Crippen molar-refractivity contribution >= 4 is 59.7 Å². The van der Waals surface area contributed by atoms with E-state index in [1.54, 1.807) is 6.07 Å². The minimum Gasteiger partial charge on any atom is -0.344 e. The Morgan fingerprint density at radius 2 is 1.97 bits per heavy atom. The number of benzene rings is 1. The summed E-state index contributed by atoms with van der Waals surface area (Å²) in [5.74, 6) is -1.89. The van der Waals surface area contributed by atoms with Crippen molar-refractivity contribution in [1.29, 1.82) is 0 Å². The number of thiophene rings is 2. The van der Waals surface area contributed by atoms with E-state index in [4.69, 9.17) is 0 Å². The molecule has 8 nitrogen and oxygen atoms in total. The van der Waals surface area contributed by atoms with Crippen LogP contribution in [0.1, 0.15) is 42.8 Å². The highest BCUT2D eigenvalue weighted by Crippen LogP contribution is 2.30. The molecule has 0 bridgehead atoms. The average Bonchev–Trinajstić information content (AvgIpc) is 3.39. The number of hydrogen-bond acceptors (Lipinski definition) is 7. The highest BCUT2D eigenvalue weighted by Gasteiger charge is 2.34. The largest absolute Gasteiger partial charge is 0.344 e. The molecule has 12 heteroatoms. The molecule has 1 saturated heterocycles. The van der Waals surface area contributed by atoms with E-state index in [1.807, 2.05) is 25.3 Å². The molecule has 3 heterocycles. The second-order valence-electron chi connectivity index (χ2n) is 9.38. The van der Waals surface area contributed by atoms with Crippen LogP contribution in [0.3, 0.4) is 0 Å². The number of carbonyl (C=O) groups excluding carboxylic acids is 3. The molecule has 0 radical (unpaired) electrons. The van der Waals surface area contributed by atoms with Gasteiger partial charge in [0.1, 0.15) is 11.9 Å². The van der Waals surface area contributed by atoms with Gasteiger partial charge in [-0.3, -0.25) is 14.4 Å². The van der Waals surface area contributed by atoms with Crippen LogP contribution in [0.15, 0.2) is 46.7 Å². The van der Waals surface area contributed by atoms with E-state index in [-0.39, 0.29) is 29.7 Å². The van der Waals surface area contributed by atoms with E-state index in [2.05, 4.69) is 10.6 Å². The topological polar surface area (TPSA) is 113 Å². The van der Waals surface area contributed by atoms with Crippen LogP contribution in [-0.2, 0) is 19.6 Å². The van der Waals surface area contributed by atoms with Gasteiger partial charge in [0.25, 0.3) is 5.91 Å². The van der Waals surface area contributed by atoms with E-state index < -0.39 is 46.2 Å². The van der Waals surface area contributed by atoms with Gasteiger partial charge in [0, 0.05) is 15.9 Å². The summed E-state index contributed by atoms with van der Waals surface area (Å²) in [6.45, 7) is 3.49. The molecule has 0 saturated carbocycles. The Kier molecular flexibility index (Phi) is 8.42. The number of fused-ring (bicyclic) bond motifs is 1. The first-order chi connectivity index (χ1) is 17.5. The van der Waals surface area contributed by atoms with E-state index in [0.717, 1.165) is 25.8 Å². The van der Waals surface area contributed by atoms with Crippen LogP contribution >= 0.6 is 22.7 Å². The van der Waals surface area contributed by atoms with E-state index in [1.165, 1.54) is 34.8 Å². The van der Waals surface area contributed by atoms with Gasteiger partial charge in [0.2, 0.25) is 15.9 Å². The van der Waals surface area contributed by atoms with Crippen molar-refractivity contribution in [3.63, 3.8) is 0 Å². The lowest BCUT2D eigenvalue weighted by atomic mass is 10.0. The SMILES string of the molecule is CC(C)C[C@H](NC(=O)c1cc2sccc2s1)C(=O)NC1CCCN(S(=O)(=O)c2cccc(F)c2)CC1=O. The highest BCUT2D eigenvalue weighted by atomic mass is 32.2. The average molecular weight is 566 g/mol. The number of nitrogens with one attached hydrogen (secondary N) is 2. The molecule has 37 heavy (non-hydrogen) atoms. The van der Waals surface area contributed by atoms with Gasteiger partial charge in [-0.25, -0.2) is 12.8 Å². The molecule has 4 rings (SSSR count). The summed E-state index contributed by atoms with van der Waals surface area (Å²) in [6, 6.07) is 6.64. The quantitative estimate of drug-likeness (QED) is 0.432. The minimum absolute atomic E-state index is 0.0681. The number of sulfonamides is 1. The molecule has 1 aliphatic heterocycles. The lowest BCUT2D eigenvalue weighted by Crippen LogP contribution is -2.52. The number of ketones is 1. The summed E-state index contributed by atoms with van der Waals surface area (Å²) in [7, 11) is -4.07. The molecule has 3 aromatic rings. The van der Waals surface area contributed by atoms with Crippen molar-refractivity contribution in [2.24, 2.45) is 5.92 Å². The maximum absolute atomic E-state index is 13.6. The Labute approximate surface area is 222 Å². The first kappa shape index (κ1) is 27.4. The zero-order chi connectivity index (χ0) is 26.7. The number of nitrogens with zero attached hydrogens (tertiary/aromatic N) is 1. The number of carbonyl (C=O) groups is 3. The highest BCUT2D eigenvalue weighted by molar-refractivity contribution is 7.89. The number of hydrogen-bond donors (Lipinski definition) is 2. The number of halogens is 1. The summed E-state index contributed by atoms with van der Waals surface area (Å²) in [5, 5.41) is 7.49. The molecule has 2 N–H and O–H groups in total. The van der Waals surface area contributed by atoms with Crippen LogP contribution in [0.5, 0.6) is 0 Å². The van der Waals surface area contributed by atoms with Gasteiger partial charge in [-0.1, -0.05) is 19.9 Å². The van der Waals surface area contributed by atoms with Crippen LogP contribution in [0.25, 0.3) is 9.40 Å². The lowest BCUT2D eigenvalue weighted by Gasteiger charge is -2.23. The Hall–Kier alpha value is -2.67. The Bertz CT molecular complexity index is 1390. The fourth-order valence-corrected chi connectivity index (χ4v) is 7.70. The smallest absolute Gasteiger partial charge is 0.262 e. The third kappa shape index (κ3) is 6.43. The standard InChI is InChI=1S/C25H28FN3O5S3/c1-15(2)11-19(28-25(32)23-13-22-21(36-23)8-10-35-22)24(31)27-18-7-4-9-29(14-20(18)30)37(33,34)17-6-3-5-16(26)12-17/h3,5-6,8,10,12-13,15,18-19H,4,7,9,11,14H2,1-2H3,(H,27,31)(H,28,32)/t18?,19-/m0/s1. The Morgan fingerprint density at radius 3 is 2.68 bits per heavy atom. The van der Waals surface area contributed by atoms with Crippen LogP contribution < -0.4 is 10.6 Å². The molecule has 2 atom stereocenters. The van der Waals surface area contributed by atoms with Crippen molar-refractivity contribution in [1.82, 2.24) is 14.9 Å². The van der Waals surface area contributed by atoms with Gasteiger partial charge in [-0.05, 0) is 60.9 Å². The van der Waals surface area contributed by atoms with Crippen molar-refractivity contribution < 1.29 is 27.2 Å². The zero-order valence-electron chi connectivity index (χ0n) is 20.4. The molecular weight excluding hydrogens is 537 g/mol. The summed E-state index contributed by atoms with van der Waals surface area (Å²) in [5.41, 5.74) is 0. The second kappa shape index (κ2) is 11.4. The lowest BCUT2D eigenvalue weighted by molar-refractivity contribution is -0.129. The first-order valence-corrected chi connectivity index (χ1v) is 15.0. The normalized spacial score (nSPS) is 18.1. The minimum atomic E-state index is -4.07. The predicted octanol–water partition coefficient (Wildman–Crippen LogP) is 3.79. The molecule has 0 spiro atoms. The van der Waals surface area contributed by atoms with Gasteiger partial charge in [-0.2, -0.15) is 4.31 Å². The summed E-state index contributed by atoms with van der Waals surface area (Å²) < 4.78 is 42.6. The van der Waals surface area contributed by atoms with Gasteiger partial charge >= 0.3 is 0 Å². The van der Waals surface area contributed by atoms with Crippen LogP contribution in [0.4, 0.5) is 4.39 Å². The number of amides is 2. The molecule has 198 valence electrons. The van der Waals surface area contributed by atoms with E-state index >= 15 is 0 Å². The molecular formula is C25H28FN3O5S3. The number of rotatable bonds is 8. The molecule has 0 aliphatic carbocycles. The van der Waals surface area contributed by atoms with Gasteiger partial charge in [0.05, 0.1) is 22.4 Å². The molecule has 1 aromatic carbocycles. The van der Waals surface area contributed by atoms with E-state index in [9.17, 15) is 27.2 Å². The maximum Gasteiger partial charge on any atom is 0.262 e. The fourth-order valence-electron chi connectivity index (χ4n) is 4.21. The molecule has 1 unspecified atom stereocenters. The zero-order valence-corrected chi connectivity index (χ0v) is 22.8. The fraction of sp³-hybridized carbons (Fsp3) is 0.400. The van der Waals surface area contributed by atoms with Gasteiger partial charge in [0.15, 0.2) is 5.78 Å². The van der Waals surface area contributed by atoms with Gasteiger partial charge < -0.3 is 10.6 Å². The van der Waals surface area contributed by atoms with Crippen molar-refractivity contribution in [2.75, 3.05) is 13.1 Å². The number of Topliss-reactive ketones (excluding diaryl/α,β-unsaturated/α-hetero) is 1. The Morgan fingerprint density at radius 1 is 1.19 bits per heavy atom.